The topological polar surface area (TPSA) is 82.4 Å². The van der Waals surface area contributed by atoms with Crippen molar-refractivity contribution in [1.29, 1.82) is 0 Å². The lowest BCUT2D eigenvalue weighted by Crippen LogP contribution is -2.56. The molecule has 5 rings (SSSR count). The highest BCUT2D eigenvalue weighted by Gasteiger charge is 2.79. The molecule has 0 radical (unpaired) electrons. The Morgan fingerprint density at radius 3 is 2.48 bits per heavy atom. The Labute approximate surface area is 189 Å². The van der Waals surface area contributed by atoms with Gasteiger partial charge in [-0.2, -0.15) is 0 Å². The molecule has 31 heavy (non-hydrogen) atoms. The largest absolute Gasteiger partial charge is 0.477 e. The molecule has 2 aromatic rings. The Bertz CT molecular complexity index is 1100. The van der Waals surface area contributed by atoms with Crippen LogP contribution in [0.5, 0.6) is 0 Å². The van der Waals surface area contributed by atoms with E-state index in [-0.39, 0.29) is 5.91 Å². The molecule has 2 fully saturated rings. The van der Waals surface area contributed by atoms with Crippen molar-refractivity contribution in [3.05, 3.63) is 82.0 Å². The second-order valence-corrected chi connectivity index (χ2v) is 9.38. The molecule has 6 nitrogen and oxygen atoms in total. The molecule has 2 heterocycles. The van der Waals surface area contributed by atoms with Crippen LogP contribution in [0.15, 0.2) is 75.9 Å². The summed E-state index contributed by atoms with van der Waals surface area (Å²) in [6, 6.07) is 17.0. The number of carbonyl (C=O) groups is 1. The molecule has 160 valence electrons. The van der Waals surface area contributed by atoms with Gasteiger partial charge in [0.2, 0.25) is 5.91 Å². The van der Waals surface area contributed by atoms with E-state index in [1.54, 1.807) is 14.1 Å². The fourth-order valence-corrected chi connectivity index (χ4v) is 5.67. The summed E-state index contributed by atoms with van der Waals surface area (Å²) in [5, 5.41) is 23.8. The van der Waals surface area contributed by atoms with Gasteiger partial charge >= 0.3 is 0 Å². The fraction of sp³-hybridized carbons (Fsp3) is 0.333. The van der Waals surface area contributed by atoms with Crippen LogP contribution in [0, 0.1) is 5.92 Å². The van der Waals surface area contributed by atoms with Gasteiger partial charge in [0.05, 0.1) is 12.5 Å². The van der Waals surface area contributed by atoms with Gasteiger partial charge < -0.3 is 19.8 Å². The van der Waals surface area contributed by atoms with Gasteiger partial charge in [-0.1, -0.05) is 58.4 Å². The minimum atomic E-state index is -1.87. The number of halogens is 1. The zero-order valence-corrected chi connectivity index (χ0v) is 18.8. The molecule has 0 bridgehead atoms. The zero-order chi connectivity index (χ0) is 22.0. The molecule has 1 aliphatic carbocycles. The molecular formula is C24H23BrN2O4. The van der Waals surface area contributed by atoms with Crippen LogP contribution in [-0.2, 0) is 15.1 Å². The normalized spacial score (nSPS) is 33.3. The van der Waals surface area contributed by atoms with E-state index < -0.39 is 29.1 Å². The van der Waals surface area contributed by atoms with Gasteiger partial charge in [0.1, 0.15) is 17.6 Å². The molecule has 3 aliphatic rings. The van der Waals surface area contributed by atoms with Crippen LogP contribution in [0.1, 0.15) is 17.0 Å². The quantitative estimate of drug-likeness (QED) is 0.704. The summed E-state index contributed by atoms with van der Waals surface area (Å²) < 4.78 is 7.43. The summed E-state index contributed by atoms with van der Waals surface area (Å²) in [4.78, 5) is 19.3. The highest BCUT2D eigenvalue weighted by molar-refractivity contribution is 9.10. The molecule has 5 atom stereocenters. The van der Waals surface area contributed by atoms with Gasteiger partial charge in [-0.3, -0.25) is 9.79 Å². The van der Waals surface area contributed by atoms with Crippen molar-refractivity contribution in [3.8, 4) is 0 Å². The van der Waals surface area contributed by atoms with Crippen LogP contribution in [0.2, 0.25) is 0 Å². The average molecular weight is 483 g/mol. The minimum absolute atomic E-state index is 0.270. The Balaban J connectivity index is 1.84. The van der Waals surface area contributed by atoms with E-state index in [1.165, 1.54) is 4.90 Å². The maximum absolute atomic E-state index is 13.4. The number of hydrogen-bond acceptors (Lipinski definition) is 5. The van der Waals surface area contributed by atoms with Gasteiger partial charge in [0.25, 0.3) is 0 Å². The number of aliphatic hydroxyl groups excluding tert-OH is 1. The number of aliphatic imine (C=N–C) groups is 1. The van der Waals surface area contributed by atoms with E-state index in [1.807, 2.05) is 60.7 Å². The highest BCUT2D eigenvalue weighted by atomic mass is 79.9. The van der Waals surface area contributed by atoms with E-state index in [9.17, 15) is 15.0 Å². The van der Waals surface area contributed by atoms with E-state index in [0.717, 1.165) is 10.0 Å². The fourth-order valence-electron chi connectivity index (χ4n) is 5.41. The molecule has 1 saturated carbocycles. The van der Waals surface area contributed by atoms with E-state index in [2.05, 4.69) is 20.9 Å². The minimum Gasteiger partial charge on any atom is -0.477 e. The monoisotopic (exact) mass is 482 g/mol. The predicted molar refractivity (Wildman–Crippen MR) is 120 cm³/mol. The summed E-state index contributed by atoms with van der Waals surface area (Å²) in [5.74, 6) is -1.36. The average Bonchev–Trinajstić information content (AvgIpc) is 3.37. The summed E-state index contributed by atoms with van der Waals surface area (Å²) in [5.41, 5.74) is -1.48. The third-order valence-corrected chi connectivity index (χ3v) is 7.21. The Morgan fingerprint density at radius 1 is 1.16 bits per heavy atom. The molecule has 7 heteroatoms. The molecular weight excluding hydrogens is 460 g/mol. The number of fused-ring (bicyclic) bond motifs is 3. The van der Waals surface area contributed by atoms with Crippen molar-refractivity contribution in [3.63, 3.8) is 0 Å². The zero-order valence-electron chi connectivity index (χ0n) is 17.2. The van der Waals surface area contributed by atoms with Crippen LogP contribution in [-0.4, -0.2) is 59.1 Å². The van der Waals surface area contributed by atoms with Crippen molar-refractivity contribution < 1.29 is 19.7 Å². The third-order valence-electron chi connectivity index (χ3n) is 6.68. The molecule has 1 amide bonds. The third kappa shape index (κ3) is 2.57. The predicted octanol–water partition coefficient (Wildman–Crippen LogP) is 2.61. The Hall–Kier alpha value is -2.48. The van der Waals surface area contributed by atoms with Crippen LogP contribution in [0.4, 0.5) is 0 Å². The number of amides is 1. The van der Waals surface area contributed by atoms with Gasteiger partial charge in [0, 0.05) is 24.5 Å². The summed E-state index contributed by atoms with van der Waals surface area (Å²) >= 11 is 3.46. The summed E-state index contributed by atoms with van der Waals surface area (Å²) in [6.45, 7) is 0.373. The SMILES string of the molecule is CN(C)C(=O)[C@H]1[C@@H](O)[C@@]2(O)C3=NCC=C3O[C@@]2(c2ccc(Br)cc2)[C@@H]1c1ccccc1. The van der Waals surface area contributed by atoms with Crippen molar-refractivity contribution >= 4 is 27.5 Å². The number of hydrogen-bond donors (Lipinski definition) is 2. The number of benzene rings is 2. The van der Waals surface area contributed by atoms with Crippen LogP contribution in [0.25, 0.3) is 0 Å². The molecule has 2 N–H and O–H groups in total. The molecule has 0 spiro atoms. The van der Waals surface area contributed by atoms with E-state index in [4.69, 9.17) is 4.74 Å². The van der Waals surface area contributed by atoms with E-state index >= 15 is 0 Å². The molecule has 0 aromatic heterocycles. The maximum atomic E-state index is 13.4. The molecule has 1 saturated heterocycles. The number of aliphatic hydroxyl groups is 2. The first kappa shape index (κ1) is 20.4. The first-order valence-electron chi connectivity index (χ1n) is 10.2. The second kappa shape index (κ2) is 7.02. The molecule has 0 unspecified atom stereocenters. The molecule has 2 aromatic carbocycles. The Kier molecular flexibility index (Phi) is 4.62. The standard InChI is InChI=1S/C24H23BrN2O4/c1-27(2)22(29)18-19(14-6-4-3-5-7-14)24(15-8-10-16(25)11-9-15)23(30,21(18)28)20-17(31-24)12-13-26-20/h3-12,18-19,21,28,30H,13H2,1-2H3/t18-,19-,21-,23+,24+/m1/s1. The lowest BCUT2D eigenvalue weighted by Gasteiger charge is -2.40. The Morgan fingerprint density at radius 2 is 1.84 bits per heavy atom. The van der Waals surface area contributed by atoms with Gasteiger partial charge in [0.15, 0.2) is 11.2 Å². The van der Waals surface area contributed by atoms with Gasteiger partial charge in [-0.25, -0.2) is 0 Å². The summed E-state index contributed by atoms with van der Waals surface area (Å²) in [7, 11) is 3.31. The number of rotatable bonds is 3. The number of carbonyl (C=O) groups excluding carboxylic acids is 1. The smallest absolute Gasteiger partial charge is 0.228 e. The first-order chi connectivity index (χ1) is 14.8. The van der Waals surface area contributed by atoms with Crippen LogP contribution in [0.3, 0.4) is 0 Å². The summed E-state index contributed by atoms with van der Waals surface area (Å²) in [6.07, 6.45) is 0.406. The van der Waals surface area contributed by atoms with Gasteiger partial charge in [-0.05, 0) is 29.3 Å². The maximum Gasteiger partial charge on any atom is 0.228 e. The van der Waals surface area contributed by atoms with Crippen LogP contribution < -0.4 is 0 Å². The second-order valence-electron chi connectivity index (χ2n) is 8.46. The van der Waals surface area contributed by atoms with Crippen LogP contribution >= 0.6 is 15.9 Å². The van der Waals surface area contributed by atoms with Crippen molar-refractivity contribution in [2.24, 2.45) is 10.9 Å². The lowest BCUT2D eigenvalue weighted by atomic mass is 9.71. The van der Waals surface area contributed by atoms with E-state index in [0.29, 0.717) is 23.6 Å². The number of ether oxygens (including phenoxy) is 1. The lowest BCUT2D eigenvalue weighted by molar-refractivity contribution is -0.139. The van der Waals surface area contributed by atoms with Crippen molar-refractivity contribution in [2.75, 3.05) is 20.6 Å². The molecule has 2 aliphatic heterocycles. The van der Waals surface area contributed by atoms with Crippen molar-refractivity contribution in [2.45, 2.75) is 23.2 Å². The van der Waals surface area contributed by atoms with Crippen molar-refractivity contribution in [1.82, 2.24) is 4.90 Å². The first-order valence-corrected chi connectivity index (χ1v) is 11.0. The van der Waals surface area contributed by atoms with Gasteiger partial charge in [-0.15, -0.1) is 0 Å². The number of nitrogens with zero attached hydrogens (tertiary/aromatic N) is 2. The highest BCUT2D eigenvalue weighted by Crippen LogP contribution is 2.65.